The standard InChI is InChI=1S/C17H29N3/c1-4-18-11-16-10-14(2)17(19-12-16)20(3)13-15-8-6-5-7-9-15/h10,12,15,18H,4-9,11,13H2,1-3H3. The topological polar surface area (TPSA) is 28.2 Å². The summed E-state index contributed by atoms with van der Waals surface area (Å²) in [5, 5.41) is 3.35. The van der Waals surface area contributed by atoms with Crippen LogP contribution in [0, 0.1) is 12.8 Å². The van der Waals surface area contributed by atoms with Crippen LogP contribution in [0.4, 0.5) is 5.82 Å². The largest absolute Gasteiger partial charge is 0.359 e. The summed E-state index contributed by atoms with van der Waals surface area (Å²) in [5.41, 5.74) is 2.57. The lowest BCUT2D eigenvalue weighted by molar-refractivity contribution is 0.361. The molecule has 0 amide bonds. The van der Waals surface area contributed by atoms with Crippen molar-refractivity contribution in [1.82, 2.24) is 10.3 Å². The number of aryl methyl sites for hydroxylation is 1. The molecule has 112 valence electrons. The van der Waals surface area contributed by atoms with Crippen molar-refractivity contribution in [2.75, 3.05) is 25.0 Å². The van der Waals surface area contributed by atoms with E-state index in [0.29, 0.717) is 0 Å². The molecule has 1 heterocycles. The van der Waals surface area contributed by atoms with E-state index < -0.39 is 0 Å². The Morgan fingerprint density at radius 3 is 2.70 bits per heavy atom. The fourth-order valence-electron chi connectivity index (χ4n) is 3.23. The van der Waals surface area contributed by atoms with Crippen LogP contribution < -0.4 is 10.2 Å². The van der Waals surface area contributed by atoms with Crippen molar-refractivity contribution in [3.8, 4) is 0 Å². The third-order valence-electron chi connectivity index (χ3n) is 4.30. The highest BCUT2D eigenvalue weighted by Gasteiger charge is 2.17. The summed E-state index contributed by atoms with van der Waals surface area (Å²) in [6, 6.07) is 2.27. The predicted octanol–water partition coefficient (Wildman–Crippen LogP) is 3.52. The first-order valence-corrected chi connectivity index (χ1v) is 8.08. The minimum absolute atomic E-state index is 0.858. The van der Waals surface area contributed by atoms with Gasteiger partial charge >= 0.3 is 0 Å². The molecule has 1 fully saturated rings. The lowest BCUT2D eigenvalue weighted by Gasteiger charge is -2.28. The van der Waals surface area contributed by atoms with Crippen LogP contribution in [0.5, 0.6) is 0 Å². The van der Waals surface area contributed by atoms with Crippen LogP contribution in [0.1, 0.15) is 50.2 Å². The van der Waals surface area contributed by atoms with E-state index in [4.69, 9.17) is 0 Å². The summed E-state index contributed by atoms with van der Waals surface area (Å²) in [6.07, 6.45) is 9.04. The molecule has 1 aliphatic rings. The van der Waals surface area contributed by atoms with Gasteiger partial charge in [-0.2, -0.15) is 0 Å². The van der Waals surface area contributed by atoms with Crippen LogP contribution in [0.15, 0.2) is 12.3 Å². The van der Waals surface area contributed by atoms with Gasteiger partial charge in [-0.25, -0.2) is 4.98 Å². The number of nitrogens with zero attached hydrogens (tertiary/aromatic N) is 2. The molecular weight excluding hydrogens is 246 g/mol. The second-order valence-corrected chi connectivity index (χ2v) is 6.15. The van der Waals surface area contributed by atoms with E-state index in [1.807, 2.05) is 6.20 Å². The van der Waals surface area contributed by atoms with Gasteiger partial charge in [0.05, 0.1) is 0 Å². The van der Waals surface area contributed by atoms with Crippen molar-refractivity contribution in [2.45, 2.75) is 52.5 Å². The third-order valence-corrected chi connectivity index (χ3v) is 4.30. The predicted molar refractivity (Wildman–Crippen MR) is 86.2 cm³/mol. The molecule has 0 bridgehead atoms. The van der Waals surface area contributed by atoms with Gasteiger partial charge in [-0.05, 0) is 49.4 Å². The first kappa shape index (κ1) is 15.3. The highest BCUT2D eigenvalue weighted by Crippen LogP contribution is 2.26. The molecule has 1 saturated carbocycles. The number of anilines is 1. The van der Waals surface area contributed by atoms with Crippen molar-refractivity contribution < 1.29 is 0 Å². The quantitative estimate of drug-likeness (QED) is 0.861. The molecule has 3 nitrogen and oxygen atoms in total. The van der Waals surface area contributed by atoms with Gasteiger partial charge in [-0.15, -0.1) is 0 Å². The zero-order valence-corrected chi connectivity index (χ0v) is 13.3. The summed E-state index contributed by atoms with van der Waals surface area (Å²) in [5.74, 6) is 2.01. The molecule has 0 aromatic carbocycles. The van der Waals surface area contributed by atoms with Gasteiger partial charge in [0.2, 0.25) is 0 Å². The fraction of sp³-hybridized carbons (Fsp3) is 0.706. The van der Waals surface area contributed by atoms with Crippen molar-refractivity contribution in [1.29, 1.82) is 0 Å². The lowest BCUT2D eigenvalue weighted by Crippen LogP contribution is -2.28. The smallest absolute Gasteiger partial charge is 0.131 e. The van der Waals surface area contributed by atoms with Gasteiger partial charge < -0.3 is 10.2 Å². The van der Waals surface area contributed by atoms with Crippen LogP contribution in [0.2, 0.25) is 0 Å². The number of hydrogen-bond donors (Lipinski definition) is 1. The Morgan fingerprint density at radius 1 is 1.30 bits per heavy atom. The van der Waals surface area contributed by atoms with Crippen LogP contribution in [-0.2, 0) is 6.54 Å². The Kier molecular flexibility index (Phi) is 5.84. The molecule has 0 unspecified atom stereocenters. The van der Waals surface area contributed by atoms with Gasteiger partial charge in [0.15, 0.2) is 0 Å². The van der Waals surface area contributed by atoms with Crippen LogP contribution in [0.3, 0.4) is 0 Å². The van der Waals surface area contributed by atoms with Crippen molar-refractivity contribution in [3.05, 3.63) is 23.4 Å². The molecule has 20 heavy (non-hydrogen) atoms. The number of hydrogen-bond acceptors (Lipinski definition) is 3. The first-order chi connectivity index (χ1) is 9.70. The van der Waals surface area contributed by atoms with Gasteiger partial charge in [-0.3, -0.25) is 0 Å². The summed E-state index contributed by atoms with van der Waals surface area (Å²) in [6.45, 7) is 7.38. The Balaban J connectivity index is 1.96. The molecule has 2 rings (SSSR count). The van der Waals surface area contributed by atoms with Gasteiger partial charge in [0.1, 0.15) is 5.82 Å². The average molecular weight is 275 g/mol. The van der Waals surface area contributed by atoms with E-state index in [-0.39, 0.29) is 0 Å². The Bertz CT molecular complexity index is 411. The van der Waals surface area contributed by atoms with E-state index in [1.165, 1.54) is 43.2 Å². The summed E-state index contributed by atoms with van der Waals surface area (Å²) < 4.78 is 0. The second-order valence-electron chi connectivity index (χ2n) is 6.15. The van der Waals surface area contributed by atoms with Crippen molar-refractivity contribution >= 4 is 5.82 Å². The Morgan fingerprint density at radius 2 is 2.05 bits per heavy atom. The van der Waals surface area contributed by atoms with Crippen LogP contribution in [0.25, 0.3) is 0 Å². The highest BCUT2D eigenvalue weighted by molar-refractivity contribution is 5.46. The summed E-state index contributed by atoms with van der Waals surface area (Å²) >= 11 is 0. The molecule has 1 aromatic heterocycles. The summed E-state index contributed by atoms with van der Waals surface area (Å²) in [4.78, 5) is 7.03. The van der Waals surface area contributed by atoms with E-state index in [0.717, 1.165) is 31.4 Å². The first-order valence-electron chi connectivity index (χ1n) is 8.08. The molecular formula is C17H29N3. The van der Waals surface area contributed by atoms with Crippen molar-refractivity contribution in [3.63, 3.8) is 0 Å². The molecule has 1 N–H and O–H groups in total. The van der Waals surface area contributed by atoms with Crippen molar-refractivity contribution in [2.24, 2.45) is 5.92 Å². The van der Waals surface area contributed by atoms with E-state index in [9.17, 15) is 0 Å². The number of nitrogens with one attached hydrogen (secondary N) is 1. The third kappa shape index (κ3) is 4.20. The maximum absolute atomic E-state index is 4.68. The minimum atomic E-state index is 0.858. The second kappa shape index (κ2) is 7.63. The molecule has 0 aliphatic heterocycles. The van der Waals surface area contributed by atoms with Gasteiger partial charge in [0.25, 0.3) is 0 Å². The average Bonchev–Trinajstić information content (AvgIpc) is 2.46. The number of pyridine rings is 1. The minimum Gasteiger partial charge on any atom is -0.359 e. The fourth-order valence-corrected chi connectivity index (χ4v) is 3.23. The maximum Gasteiger partial charge on any atom is 0.131 e. The maximum atomic E-state index is 4.68. The zero-order valence-electron chi connectivity index (χ0n) is 13.3. The molecule has 1 aliphatic carbocycles. The summed E-state index contributed by atoms with van der Waals surface area (Å²) in [7, 11) is 2.19. The van der Waals surface area contributed by atoms with Gasteiger partial charge in [0, 0.05) is 26.3 Å². The van der Waals surface area contributed by atoms with Gasteiger partial charge in [-0.1, -0.05) is 26.2 Å². The van der Waals surface area contributed by atoms with E-state index >= 15 is 0 Å². The molecule has 0 atom stereocenters. The Labute approximate surface area is 123 Å². The zero-order chi connectivity index (χ0) is 14.4. The lowest BCUT2D eigenvalue weighted by atomic mass is 9.89. The highest BCUT2D eigenvalue weighted by atomic mass is 15.2. The van der Waals surface area contributed by atoms with Crippen LogP contribution >= 0.6 is 0 Å². The molecule has 0 radical (unpaired) electrons. The van der Waals surface area contributed by atoms with E-state index in [2.05, 4.69) is 42.2 Å². The molecule has 0 spiro atoms. The SMILES string of the molecule is CCNCc1cnc(N(C)CC2CCCCC2)c(C)c1. The number of aromatic nitrogens is 1. The molecule has 0 saturated heterocycles. The monoisotopic (exact) mass is 275 g/mol. The molecule has 1 aromatic rings. The number of rotatable bonds is 6. The normalized spacial score (nSPS) is 16.4. The van der Waals surface area contributed by atoms with E-state index in [1.54, 1.807) is 0 Å². The Hall–Kier alpha value is -1.09. The molecule has 3 heteroatoms. The van der Waals surface area contributed by atoms with Crippen LogP contribution in [-0.4, -0.2) is 25.1 Å².